The third kappa shape index (κ3) is 5.32. The normalized spacial score (nSPS) is 24.2. The third-order valence-corrected chi connectivity index (χ3v) is 6.53. The molecule has 1 atom stereocenters. The van der Waals surface area contributed by atoms with Crippen molar-refractivity contribution in [1.82, 2.24) is 15.5 Å². The molecule has 156 valence electrons. The highest BCUT2D eigenvalue weighted by Crippen LogP contribution is 2.32. The lowest BCUT2D eigenvalue weighted by Gasteiger charge is -2.36. The van der Waals surface area contributed by atoms with E-state index in [4.69, 9.17) is 4.74 Å². The first-order valence-electron chi connectivity index (χ1n) is 10.8. The Bertz CT molecular complexity index is 639. The molecule has 2 aliphatic heterocycles. The van der Waals surface area contributed by atoms with Crippen LogP contribution in [0.25, 0.3) is 0 Å². The summed E-state index contributed by atoms with van der Waals surface area (Å²) in [5.74, 6) is 2.47. The summed E-state index contributed by atoms with van der Waals surface area (Å²) >= 11 is 0. The van der Waals surface area contributed by atoms with Gasteiger partial charge in [-0.1, -0.05) is 31.0 Å². The maximum Gasteiger partial charge on any atom is 0.191 e. The van der Waals surface area contributed by atoms with Crippen LogP contribution in [0.5, 0.6) is 5.75 Å². The minimum atomic E-state index is 0. The molecule has 0 aromatic heterocycles. The van der Waals surface area contributed by atoms with Crippen LogP contribution in [0.15, 0.2) is 29.3 Å². The fourth-order valence-electron chi connectivity index (χ4n) is 4.91. The van der Waals surface area contributed by atoms with Crippen LogP contribution in [0.4, 0.5) is 0 Å². The number of nitrogens with one attached hydrogen (secondary N) is 2. The summed E-state index contributed by atoms with van der Waals surface area (Å²) in [4.78, 5) is 7.19. The molecule has 0 radical (unpaired) electrons. The molecule has 0 amide bonds. The van der Waals surface area contributed by atoms with Gasteiger partial charge in [0.2, 0.25) is 0 Å². The van der Waals surface area contributed by atoms with Crippen LogP contribution in [-0.4, -0.2) is 56.2 Å². The molecular formula is C22H35IN4O. The van der Waals surface area contributed by atoms with E-state index in [1.54, 1.807) is 0 Å². The number of halogens is 1. The van der Waals surface area contributed by atoms with Crippen LogP contribution in [-0.2, 0) is 0 Å². The van der Waals surface area contributed by atoms with Crippen LogP contribution in [0, 0.1) is 0 Å². The van der Waals surface area contributed by atoms with Crippen LogP contribution in [0.2, 0.25) is 0 Å². The largest absolute Gasteiger partial charge is 0.493 e. The Labute approximate surface area is 186 Å². The van der Waals surface area contributed by atoms with Crippen molar-refractivity contribution in [2.75, 3.05) is 33.3 Å². The number of nitrogens with zero attached hydrogens (tertiary/aromatic N) is 2. The van der Waals surface area contributed by atoms with Crippen LogP contribution < -0.4 is 15.4 Å². The standard InChI is InChI=1S/C22H34N4O.HI/c1-23-22(24-16-17-12-15-27-21-9-5-4-8-20(17)21)25-18-10-13-26(14-11-18)19-6-2-3-7-19;/h4-5,8-9,17-19H,2-3,6-7,10-16H2,1H3,(H2,23,24,25);1H. The van der Waals surface area contributed by atoms with Gasteiger partial charge in [-0.25, -0.2) is 0 Å². The van der Waals surface area contributed by atoms with E-state index in [-0.39, 0.29) is 24.0 Å². The summed E-state index contributed by atoms with van der Waals surface area (Å²) in [6.45, 7) is 4.16. The predicted octanol–water partition coefficient (Wildman–Crippen LogP) is 3.74. The molecule has 1 saturated carbocycles. The molecule has 28 heavy (non-hydrogen) atoms. The molecule has 4 rings (SSSR count). The van der Waals surface area contributed by atoms with E-state index in [0.717, 1.165) is 37.3 Å². The molecule has 1 aromatic rings. The van der Waals surface area contributed by atoms with E-state index in [9.17, 15) is 0 Å². The number of piperidine rings is 1. The van der Waals surface area contributed by atoms with Gasteiger partial charge in [0.1, 0.15) is 5.75 Å². The molecule has 2 fully saturated rings. The summed E-state index contributed by atoms with van der Waals surface area (Å²) in [5.41, 5.74) is 1.32. The Morgan fingerprint density at radius 3 is 2.61 bits per heavy atom. The maximum atomic E-state index is 5.78. The van der Waals surface area contributed by atoms with Gasteiger partial charge in [-0.05, 0) is 43.7 Å². The van der Waals surface area contributed by atoms with Gasteiger partial charge in [-0.15, -0.1) is 24.0 Å². The number of likely N-dealkylation sites (tertiary alicyclic amines) is 1. The van der Waals surface area contributed by atoms with E-state index in [0.29, 0.717) is 12.0 Å². The SMILES string of the molecule is CN=C(NCC1CCOc2ccccc21)NC1CCN(C2CCCC2)CC1.I. The Balaban J connectivity index is 0.00000225. The van der Waals surface area contributed by atoms with E-state index in [1.165, 1.54) is 57.2 Å². The highest BCUT2D eigenvalue weighted by atomic mass is 127. The second-order valence-corrected chi connectivity index (χ2v) is 8.22. The molecule has 1 aliphatic carbocycles. The van der Waals surface area contributed by atoms with Crippen molar-refractivity contribution in [1.29, 1.82) is 0 Å². The number of hydrogen-bond donors (Lipinski definition) is 2. The Hall–Kier alpha value is -1.02. The fraction of sp³-hybridized carbons (Fsp3) is 0.682. The van der Waals surface area contributed by atoms with Crippen molar-refractivity contribution >= 4 is 29.9 Å². The van der Waals surface area contributed by atoms with Gasteiger partial charge in [-0.2, -0.15) is 0 Å². The van der Waals surface area contributed by atoms with Gasteiger partial charge in [0.25, 0.3) is 0 Å². The van der Waals surface area contributed by atoms with E-state index < -0.39 is 0 Å². The number of guanidine groups is 1. The Morgan fingerprint density at radius 1 is 1.11 bits per heavy atom. The number of aliphatic imine (C=N–C) groups is 1. The second-order valence-electron chi connectivity index (χ2n) is 8.22. The Morgan fingerprint density at radius 2 is 1.86 bits per heavy atom. The summed E-state index contributed by atoms with van der Waals surface area (Å²) in [6.07, 6.45) is 9.17. The first kappa shape index (κ1) is 21.7. The summed E-state index contributed by atoms with van der Waals surface area (Å²) < 4.78 is 5.78. The van der Waals surface area contributed by atoms with Gasteiger partial charge in [0.15, 0.2) is 5.96 Å². The zero-order valence-electron chi connectivity index (χ0n) is 17.0. The monoisotopic (exact) mass is 498 g/mol. The zero-order chi connectivity index (χ0) is 18.5. The predicted molar refractivity (Wildman–Crippen MR) is 126 cm³/mol. The van der Waals surface area contributed by atoms with Crippen LogP contribution in [0.3, 0.4) is 0 Å². The molecule has 2 heterocycles. The number of fused-ring (bicyclic) bond motifs is 1. The first-order valence-corrected chi connectivity index (χ1v) is 10.8. The van der Waals surface area contributed by atoms with Gasteiger partial charge >= 0.3 is 0 Å². The molecule has 0 spiro atoms. The average molecular weight is 498 g/mol. The molecule has 1 unspecified atom stereocenters. The number of benzene rings is 1. The van der Waals surface area contributed by atoms with E-state index in [1.807, 2.05) is 13.1 Å². The second kappa shape index (κ2) is 10.7. The van der Waals surface area contributed by atoms with Gasteiger partial charge in [0, 0.05) is 44.7 Å². The quantitative estimate of drug-likeness (QED) is 0.377. The topological polar surface area (TPSA) is 48.9 Å². The number of para-hydroxylation sites is 1. The van der Waals surface area contributed by atoms with Crippen LogP contribution >= 0.6 is 24.0 Å². The smallest absolute Gasteiger partial charge is 0.191 e. The van der Waals surface area contributed by atoms with Crippen molar-refractivity contribution in [3.63, 3.8) is 0 Å². The van der Waals surface area contributed by atoms with Gasteiger partial charge in [-0.3, -0.25) is 4.99 Å². The number of hydrogen-bond acceptors (Lipinski definition) is 3. The molecule has 2 N–H and O–H groups in total. The highest BCUT2D eigenvalue weighted by molar-refractivity contribution is 14.0. The number of rotatable bonds is 4. The highest BCUT2D eigenvalue weighted by Gasteiger charge is 2.27. The summed E-state index contributed by atoms with van der Waals surface area (Å²) in [5, 5.41) is 7.22. The van der Waals surface area contributed by atoms with Crippen molar-refractivity contribution in [2.45, 2.75) is 62.9 Å². The van der Waals surface area contributed by atoms with Crippen molar-refractivity contribution in [2.24, 2.45) is 4.99 Å². The minimum Gasteiger partial charge on any atom is -0.493 e. The summed E-state index contributed by atoms with van der Waals surface area (Å²) in [7, 11) is 1.88. The summed E-state index contributed by atoms with van der Waals surface area (Å²) in [6, 6.07) is 9.81. The molecule has 0 bridgehead atoms. The number of ether oxygens (including phenoxy) is 1. The molecule has 5 nitrogen and oxygen atoms in total. The maximum absolute atomic E-state index is 5.78. The molecule has 1 saturated heterocycles. The first-order chi connectivity index (χ1) is 13.3. The lowest BCUT2D eigenvalue weighted by atomic mass is 9.93. The van der Waals surface area contributed by atoms with Crippen molar-refractivity contribution < 1.29 is 4.74 Å². The lowest BCUT2D eigenvalue weighted by Crippen LogP contribution is -2.50. The van der Waals surface area contributed by atoms with E-state index in [2.05, 4.69) is 38.7 Å². The molecule has 6 heteroatoms. The minimum absolute atomic E-state index is 0. The third-order valence-electron chi connectivity index (χ3n) is 6.53. The van der Waals surface area contributed by atoms with Gasteiger partial charge in [0.05, 0.1) is 6.61 Å². The zero-order valence-corrected chi connectivity index (χ0v) is 19.4. The average Bonchev–Trinajstić information content (AvgIpc) is 3.26. The lowest BCUT2D eigenvalue weighted by molar-refractivity contribution is 0.150. The van der Waals surface area contributed by atoms with Crippen molar-refractivity contribution in [3.05, 3.63) is 29.8 Å². The van der Waals surface area contributed by atoms with Gasteiger partial charge < -0.3 is 20.3 Å². The molecular weight excluding hydrogens is 463 g/mol. The van der Waals surface area contributed by atoms with Crippen LogP contribution in [0.1, 0.15) is 56.4 Å². The Kier molecular flexibility index (Phi) is 8.26. The van der Waals surface area contributed by atoms with E-state index >= 15 is 0 Å². The molecule has 3 aliphatic rings. The molecule has 1 aromatic carbocycles. The van der Waals surface area contributed by atoms with Crippen molar-refractivity contribution in [3.8, 4) is 5.75 Å². The fourth-order valence-corrected chi connectivity index (χ4v) is 4.91.